The summed E-state index contributed by atoms with van der Waals surface area (Å²) in [5, 5.41) is 14.9. The molecule has 3 aromatic rings. The van der Waals surface area contributed by atoms with Crippen LogP contribution in [-0.2, 0) is 14.8 Å². The van der Waals surface area contributed by atoms with Gasteiger partial charge >= 0.3 is 0 Å². The summed E-state index contributed by atoms with van der Waals surface area (Å²) in [7, 11) is -3.73. The molecule has 0 aliphatic carbocycles. The van der Waals surface area contributed by atoms with Crippen LogP contribution in [0.5, 0.6) is 5.75 Å². The maximum atomic E-state index is 13.0. The Morgan fingerprint density at radius 3 is 2.65 bits per heavy atom. The lowest BCUT2D eigenvalue weighted by Crippen LogP contribution is -2.40. The Hall–Kier alpha value is -2.72. The molecule has 0 unspecified atom stereocenters. The Bertz CT molecular complexity index is 1250. The van der Waals surface area contributed by atoms with Crippen molar-refractivity contribution in [1.29, 1.82) is 0 Å². The average molecular weight is 462 g/mol. The molecule has 2 aromatic carbocycles. The first-order valence-corrected chi connectivity index (χ1v) is 11.4. The van der Waals surface area contributed by atoms with Crippen molar-refractivity contribution in [1.82, 2.24) is 14.1 Å². The van der Waals surface area contributed by atoms with Crippen LogP contribution in [0.2, 0.25) is 5.02 Å². The number of rotatable bonds is 4. The van der Waals surface area contributed by atoms with Gasteiger partial charge < -0.3 is 9.84 Å². The van der Waals surface area contributed by atoms with Crippen LogP contribution in [0.1, 0.15) is 15.9 Å². The van der Waals surface area contributed by atoms with Crippen LogP contribution in [0, 0.1) is 6.92 Å². The third kappa shape index (κ3) is 4.22. The van der Waals surface area contributed by atoms with Crippen LogP contribution in [0.4, 0.5) is 0 Å². The van der Waals surface area contributed by atoms with E-state index < -0.39 is 15.9 Å². The molecule has 0 bridgehead atoms. The third-order valence-corrected chi connectivity index (χ3v) is 7.14. The summed E-state index contributed by atoms with van der Waals surface area (Å²) < 4.78 is 33.5. The number of carbonyl (C=O) groups excluding carboxylic acids is 1. The zero-order valence-corrected chi connectivity index (χ0v) is 18.2. The zero-order chi connectivity index (χ0) is 22.2. The molecule has 0 spiro atoms. The number of phenols is 1. The predicted octanol–water partition coefficient (Wildman–Crippen LogP) is 2.93. The molecule has 162 valence electrons. The van der Waals surface area contributed by atoms with Crippen molar-refractivity contribution in [3.8, 4) is 17.0 Å². The fourth-order valence-corrected chi connectivity index (χ4v) is 5.01. The minimum atomic E-state index is -3.73. The molecule has 0 amide bonds. The number of aromatic nitrogens is 2. The molecule has 4 rings (SSSR count). The maximum Gasteiger partial charge on any atom is 0.278 e. The average Bonchev–Trinajstić information content (AvgIpc) is 3.17. The second-order valence-electron chi connectivity index (χ2n) is 7.12. The van der Waals surface area contributed by atoms with Crippen LogP contribution in [0.3, 0.4) is 0 Å². The van der Waals surface area contributed by atoms with E-state index in [1.807, 2.05) is 0 Å². The van der Waals surface area contributed by atoms with Gasteiger partial charge in [-0.05, 0) is 48.9 Å². The molecule has 1 fully saturated rings. The van der Waals surface area contributed by atoms with Crippen LogP contribution in [-0.4, -0.2) is 59.8 Å². The van der Waals surface area contributed by atoms with Crippen molar-refractivity contribution >= 4 is 27.5 Å². The van der Waals surface area contributed by atoms with Crippen LogP contribution < -0.4 is 0 Å². The summed E-state index contributed by atoms with van der Waals surface area (Å²) in [5.41, 5.74) is 1.65. The second kappa shape index (κ2) is 8.43. The van der Waals surface area contributed by atoms with Gasteiger partial charge in [0.05, 0.1) is 23.8 Å². The molecular weight excluding hydrogens is 442 g/mol. The largest absolute Gasteiger partial charge is 0.507 e. The third-order valence-electron chi connectivity index (χ3n) is 5.01. The molecule has 10 heteroatoms. The maximum absolute atomic E-state index is 13.0. The van der Waals surface area contributed by atoms with Gasteiger partial charge in [0, 0.05) is 35.4 Å². The molecule has 1 aliphatic heterocycles. The van der Waals surface area contributed by atoms with Crippen molar-refractivity contribution in [2.75, 3.05) is 26.3 Å². The summed E-state index contributed by atoms with van der Waals surface area (Å²) in [6.07, 6.45) is 1.53. The predicted molar refractivity (Wildman–Crippen MR) is 115 cm³/mol. The van der Waals surface area contributed by atoms with Crippen LogP contribution >= 0.6 is 11.6 Å². The van der Waals surface area contributed by atoms with Gasteiger partial charge in [-0.1, -0.05) is 17.7 Å². The fraction of sp³-hybridized carbons (Fsp3) is 0.238. The van der Waals surface area contributed by atoms with Gasteiger partial charge in [-0.2, -0.15) is 9.40 Å². The molecule has 1 saturated heterocycles. The van der Waals surface area contributed by atoms with Gasteiger partial charge in [0.2, 0.25) is 10.0 Å². The highest BCUT2D eigenvalue weighted by atomic mass is 35.5. The lowest BCUT2D eigenvalue weighted by atomic mass is 10.1. The van der Waals surface area contributed by atoms with Crippen molar-refractivity contribution in [2.24, 2.45) is 0 Å². The number of aromatic hydroxyl groups is 1. The van der Waals surface area contributed by atoms with Gasteiger partial charge in [0.15, 0.2) is 0 Å². The molecule has 1 aliphatic rings. The first-order valence-electron chi connectivity index (χ1n) is 9.55. The number of sulfonamides is 1. The molecule has 8 nitrogen and oxygen atoms in total. The fourth-order valence-electron chi connectivity index (χ4n) is 3.39. The monoisotopic (exact) mass is 461 g/mol. The van der Waals surface area contributed by atoms with Crippen molar-refractivity contribution in [2.45, 2.75) is 11.8 Å². The topological polar surface area (TPSA) is 102 Å². The van der Waals surface area contributed by atoms with E-state index in [1.165, 1.54) is 40.8 Å². The van der Waals surface area contributed by atoms with Crippen molar-refractivity contribution in [3.63, 3.8) is 0 Å². The number of ether oxygens (including phenoxy) is 1. The summed E-state index contributed by atoms with van der Waals surface area (Å²) >= 11 is 6.03. The molecule has 1 N–H and O–H groups in total. The van der Waals surface area contributed by atoms with Crippen molar-refractivity contribution < 1.29 is 23.1 Å². The molecule has 0 saturated carbocycles. The Morgan fingerprint density at radius 1 is 1.16 bits per heavy atom. The second-order valence-corrected chi connectivity index (χ2v) is 9.49. The Kier molecular flexibility index (Phi) is 5.85. The van der Waals surface area contributed by atoms with Gasteiger partial charge in [-0.25, -0.2) is 13.1 Å². The van der Waals surface area contributed by atoms with E-state index in [0.717, 1.165) is 4.68 Å². The normalized spacial score (nSPS) is 15.2. The molecule has 0 atom stereocenters. The molecule has 31 heavy (non-hydrogen) atoms. The SMILES string of the molecule is Cc1cn(C(=O)c2cccc(S(=O)(=O)N3CCOCC3)c2)nc1-c1cc(Cl)ccc1O. The van der Waals surface area contributed by atoms with E-state index in [9.17, 15) is 18.3 Å². The number of nitrogens with zero attached hydrogens (tertiary/aromatic N) is 3. The molecule has 2 heterocycles. The number of benzene rings is 2. The Morgan fingerprint density at radius 2 is 1.90 bits per heavy atom. The highest BCUT2D eigenvalue weighted by Gasteiger charge is 2.27. The number of phenolic OH excluding ortho intramolecular Hbond substituents is 1. The lowest BCUT2D eigenvalue weighted by Gasteiger charge is -2.26. The standard InChI is InChI=1S/C21H20ClN3O5S/c1-14-13-25(23-20(14)18-12-16(22)5-6-19(18)26)21(27)15-3-2-4-17(11-15)31(28,29)24-7-9-30-10-8-24/h2-6,11-13,26H,7-10H2,1H3. The number of hydrogen-bond donors (Lipinski definition) is 1. The molecule has 0 radical (unpaired) electrons. The molecule has 1 aromatic heterocycles. The highest BCUT2D eigenvalue weighted by molar-refractivity contribution is 7.89. The lowest BCUT2D eigenvalue weighted by molar-refractivity contribution is 0.0730. The summed E-state index contributed by atoms with van der Waals surface area (Å²) in [5.74, 6) is -0.501. The summed E-state index contributed by atoms with van der Waals surface area (Å²) in [6, 6.07) is 10.5. The van der Waals surface area contributed by atoms with E-state index in [-0.39, 0.29) is 29.3 Å². The minimum absolute atomic E-state index is 0.0104. The van der Waals surface area contributed by atoms with Gasteiger partial charge in [-0.15, -0.1) is 0 Å². The van der Waals surface area contributed by atoms with E-state index in [0.29, 0.717) is 35.1 Å². The van der Waals surface area contributed by atoms with E-state index >= 15 is 0 Å². The Labute approximate surface area is 184 Å². The van der Waals surface area contributed by atoms with Crippen LogP contribution in [0.25, 0.3) is 11.3 Å². The zero-order valence-electron chi connectivity index (χ0n) is 16.7. The minimum Gasteiger partial charge on any atom is -0.507 e. The quantitative estimate of drug-likeness (QED) is 0.641. The summed E-state index contributed by atoms with van der Waals surface area (Å²) in [4.78, 5) is 13.1. The Balaban J connectivity index is 1.67. The summed E-state index contributed by atoms with van der Waals surface area (Å²) in [6.45, 7) is 2.97. The number of aryl methyl sites for hydroxylation is 1. The van der Waals surface area contributed by atoms with Gasteiger partial charge in [-0.3, -0.25) is 4.79 Å². The smallest absolute Gasteiger partial charge is 0.278 e. The number of halogens is 1. The highest BCUT2D eigenvalue weighted by Crippen LogP contribution is 2.32. The van der Waals surface area contributed by atoms with Crippen LogP contribution in [0.15, 0.2) is 53.6 Å². The number of carbonyl (C=O) groups is 1. The first kappa shape index (κ1) is 21.5. The van der Waals surface area contributed by atoms with E-state index in [2.05, 4.69) is 5.10 Å². The van der Waals surface area contributed by atoms with E-state index in [1.54, 1.807) is 19.1 Å². The number of morpholine rings is 1. The van der Waals surface area contributed by atoms with E-state index in [4.69, 9.17) is 16.3 Å². The van der Waals surface area contributed by atoms with Gasteiger partial charge in [0.1, 0.15) is 5.75 Å². The first-order chi connectivity index (χ1) is 14.8. The number of hydrogen-bond acceptors (Lipinski definition) is 6. The molecular formula is C21H20ClN3O5S. The van der Waals surface area contributed by atoms with Crippen molar-refractivity contribution in [3.05, 3.63) is 64.8 Å². The van der Waals surface area contributed by atoms with Gasteiger partial charge in [0.25, 0.3) is 5.91 Å².